The summed E-state index contributed by atoms with van der Waals surface area (Å²) in [5, 5.41) is 11.9. The molecule has 0 saturated carbocycles. The molecule has 1 aromatic heterocycles. The molecule has 1 fully saturated rings. The van der Waals surface area contributed by atoms with Crippen LogP contribution in [0.4, 0.5) is 11.5 Å². The number of aromatic nitrogens is 2. The van der Waals surface area contributed by atoms with Crippen LogP contribution in [0, 0.1) is 16.0 Å². The highest BCUT2D eigenvalue weighted by Gasteiger charge is 2.34. The molecule has 160 valence electrons. The van der Waals surface area contributed by atoms with Crippen LogP contribution >= 0.6 is 0 Å². The number of rotatable bonds is 7. The number of esters is 1. The first-order chi connectivity index (χ1) is 14.4. The van der Waals surface area contributed by atoms with E-state index in [2.05, 4.69) is 23.8 Å². The number of nitrogens with zero attached hydrogens (tertiary/aromatic N) is 4. The summed E-state index contributed by atoms with van der Waals surface area (Å²) in [4.78, 5) is 33.3. The predicted octanol–water partition coefficient (Wildman–Crippen LogP) is 4.08. The van der Waals surface area contributed by atoms with Crippen LogP contribution < -0.4 is 9.64 Å². The number of carbonyl (C=O) groups excluding carboxylic acids is 1. The minimum atomic E-state index is -0.541. The van der Waals surface area contributed by atoms with E-state index in [-0.39, 0.29) is 29.3 Å². The van der Waals surface area contributed by atoms with Gasteiger partial charge in [0, 0.05) is 13.1 Å². The molecule has 0 N–H and O–H groups in total. The van der Waals surface area contributed by atoms with Crippen molar-refractivity contribution in [2.24, 2.45) is 5.92 Å². The third-order valence-electron chi connectivity index (χ3n) is 5.05. The van der Waals surface area contributed by atoms with Gasteiger partial charge >= 0.3 is 17.5 Å². The van der Waals surface area contributed by atoms with Gasteiger partial charge in [-0.3, -0.25) is 14.9 Å². The lowest BCUT2D eigenvalue weighted by Crippen LogP contribution is -2.40. The Balaban J connectivity index is 1.87. The van der Waals surface area contributed by atoms with E-state index in [0.29, 0.717) is 44.2 Å². The summed E-state index contributed by atoms with van der Waals surface area (Å²) in [6.45, 7) is 7.08. The van der Waals surface area contributed by atoms with E-state index in [1.165, 1.54) is 6.33 Å². The van der Waals surface area contributed by atoms with Crippen molar-refractivity contribution in [3.8, 4) is 11.6 Å². The molecular formula is C21H26N4O5. The monoisotopic (exact) mass is 414 g/mol. The summed E-state index contributed by atoms with van der Waals surface area (Å²) >= 11 is 0. The van der Waals surface area contributed by atoms with Crippen molar-refractivity contribution in [2.75, 3.05) is 24.6 Å². The first-order valence-corrected chi connectivity index (χ1v) is 10.1. The van der Waals surface area contributed by atoms with Crippen LogP contribution in [0.3, 0.4) is 0 Å². The Morgan fingerprint density at radius 1 is 1.30 bits per heavy atom. The minimum Gasteiger partial charge on any atom is -0.466 e. The van der Waals surface area contributed by atoms with Gasteiger partial charge in [-0.25, -0.2) is 4.98 Å². The highest BCUT2D eigenvalue weighted by molar-refractivity contribution is 5.74. The zero-order chi connectivity index (χ0) is 21.7. The molecule has 9 nitrogen and oxygen atoms in total. The zero-order valence-corrected chi connectivity index (χ0v) is 17.4. The van der Waals surface area contributed by atoms with E-state index < -0.39 is 4.92 Å². The Hall–Kier alpha value is -3.23. The number of benzene rings is 1. The van der Waals surface area contributed by atoms with E-state index >= 15 is 0 Å². The summed E-state index contributed by atoms with van der Waals surface area (Å²) < 4.78 is 10.9. The molecule has 0 radical (unpaired) electrons. The third-order valence-corrected chi connectivity index (χ3v) is 5.05. The molecule has 30 heavy (non-hydrogen) atoms. The Labute approximate surface area is 175 Å². The van der Waals surface area contributed by atoms with Gasteiger partial charge < -0.3 is 14.4 Å². The minimum absolute atomic E-state index is 0.124. The van der Waals surface area contributed by atoms with Crippen LogP contribution in [0.5, 0.6) is 11.6 Å². The molecule has 0 spiro atoms. The van der Waals surface area contributed by atoms with E-state index in [0.717, 1.165) is 5.56 Å². The SMILES string of the molecule is CCOC(=O)C1CCCN(c2ncnc(Oc3ccc(C(C)C)cc3)c2[N+](=O)[O-])C1. The van der Waals surface area contributed by atoms with Crippen LogP contribution in [-0.4, -0.2) is 40.6 Å². The maximum Gasteiger partial charge on any atom is 0.373 e. The molecule has 9 heteroatoms. The van der Waals surface area contributed by atoms with Crippen molar-refractivity contribution in [1.82, 2.24) is 9.97 Å². The number of carbonyl (C=O) groups is 1. The van der Waals surface area contributed by atoms with Crippen LogP contribution in [0.1, 0.15) is 45.1 Å². The molecular weight excluding hydrogens is 388 g/mol. The number of nitro groups is 1. The van der Waals surface area contributed by atoms with Gasteiger partial charge in [-0.15, -0.1) is 0 Å². The number of ether oxygens (including phenoxy) is 2. The number of piperidine rings is 1. The normalized spacial score (nSPS) is 16.4. The molecule has 1 aliphatic heterocycles. The summed E-state index contributed by atoms with van der Waals surface area (Å²) in [6.07, 6.45) is 2.63. The number of anilines is 1. The summed E-state index contributed by atoms with van der Waals surface area (Å²) in [5.74, 6) is 0.209. The number of hydrogen-bond acceptors (Lipinski definition) is 8. The quantitative estimate of drug-likeness (QED) is 0.379. The Kier molecular flexibility index (Phi) is 6.81. The van der Waals surface area contributed by atoms with Crippen LogP contribution in [-0.2, 0) is 9.53 Å². The molecule has 1 aromatic carbocycles. The van der Waals surface area contributed by atoms with Crippen LogP contribution in [0.25, 0.3) is 0 Å². The van der Waals surface area contributed by atoms with Crippen LogP contribution in [0.15, 0.2) is 30.6 Å². The Morgan fingerprint density at radius 3 is 2.67 bits per heavy atom. The number of hydrogen-bond donors (Lipinski definition) is 0. The lowest BCUT2D eigenvalue weighted by atomic mass is 9.98. The maximum atomic E-state index is 12.1. The Bertz CT molecular complexity index is 901. The van der Waals surface area contributed by atoms with Gasteiger partial charge in [0.2, 0.25) is 5.82 Å². The molecule has 1 atom stereocenters. The molecule has 0 amide bonds. The smallest absolute Gasteiger partial charge is 0.373 e. The zero-order valence-electron chi connectivity index (χ0n) is 17.4. The molecule has 1 saturated heterocycles. The topological polar surface area (TPSA) is 108 Å². The fourth-order valence-corrected chi connectivity index (χ4v) is 3.47. The molecule has 3 rings (SSSR count). The second-order valence-electron chi connectivity index (χ2n) is 7.47. The van der Waals surface area contributed by atoms with Gasteiger partial charge in [-0.2, -0.15) is 4.98 Å². The van der Waals surface area contributed by atoms with Gasteiger partial charge in [-0.1, -0.05) is 26.0 Å². The van der Waals surface area contributed by atoms with Gasteiger partial charge in [0.05, 0.1) is 17.4 Å². The largest absolute Gasteiger partial charge is 0.466 e. The molecule has 2 aromatic rings. The van der Waals surface area contributed by atoms with Crippen molar-refractivity contribution >= 4 is 17.5 Å². The van der Waals surface area contributed by atoms with Crippen molar-refractivity contribution in [1.29, 1.82) is 0 Å². The molecule has 1 unspecified atom stereocenters. The second-order valence-corrected chi connectivity index (χ2v) is 7.47. The fraction of sp³-hybridized carbons (Fsp3) is 0.476. The third kappa shape index (κ3) is 4.84. The maximum absolute atomic E-state index is 12.1. The average Bonchev–Trinajstić information content (AvgIpc) is 2.74. The molecule has 2 heterocycles. The Morgan fingerprint density at radius 2 is 2.03 bits per heavy atom. The second kappa shape index (κ2) is 9.51. The van der Waals surface area contributed by atoms with E-state index in [9.17, 15) is 14.9 Å². The van der Waals surface area contributed by atoms with E-state index in [4.69, 9.17) is 9.47 Å². The van der Waals surface area contributed by atoms with Gasteiger partial charge in [0.15, 0.2) is 0 Å². The van der Waals surface area contributed by atoms with Crippen molar-refractivity contribution in [3.63, 3.8) is 0 Å². The van der Waals surface area contributed by atoms with Crippen molar-refractivity contribution in [3.05, 3.63) is 46.3 Å². The van der Waals surface area contributed by atoms with Gasteiger partial charge in [-0.05, 0) is 43.4 Å². The van der Waals surface area contributed by atoms with Crippen molar-refractivity contribution in [2.45, 2.75) is 39.5 Å². The van der Waals surface area contributed by atoms with Gasteiger partial charge in [0.1, 0.15) is 12.1 Å². The summed E-state index contributed by atoms with van der Waals surface area (Å²) in [6, 6.07) is 7.36. The lowest BCUT2D eigenvalue weighted by molar-refractivity contribution is -0.385. The lowest BCUT2D eigenvalue weighted by Gasteiger charge is -2.31. The summed E-state index contributed by atoms with van der Waals surface area (Å²) in [5.41, 5.74) is 0.827. The molecule has 0 aliphatic carbocycles. The first-order valence-electron chi connectivity index (χ1n) is 10.1. The molecule has 0 bridgehead atoms. The predicted molar refractivity (Wildman–Crippen MR) is 111 cm³/mol. The fourth-order valence-electron chi connectivity index (χ4n) is 3.47. The van der Waals surface area contributed by atoms with Crippen LogP contribution in [0.2, 0.25) is 0 Å². The summed E-state index contributed by atoms with van der Waals surface area (Å²) in [7, 11) is 0. The first kappa shape index (κ1) is 21.5. The highest BCUT2D eigenvalue weighted by atomic mass is 16.6. The van der Waals surface area contributed by atoms with Crippen molar-refractivity contribution < 1.29 is 19.2 Å². The van der Waals surface area contributed by atoms with Gasteiger partial charge in [0.25, 0.3) is 0 Å². The highest BCUT2D eigenvalue weighted by Crippen LogP contribution is 2.37. The average molecular weight is 414 g/mol. The van der Waals surface area contributed by atoms with E-state index in [1.54, 1.807) is 24.0 Å². The van der Waals surface area contributed by atoms with E-state index in [1.807, 2.05) is 12.1 Å². The molecule has 1 aliphatic rings. The standard InChI is InChI=1S/C21H26N4O5/c1-4-29-21(26)16-6-5-11-24(12-16)19-18(25(27)28)20(23-13-22-19)30-17-9-7-15(8-10-17)14(2)3/h7-10,13-14,16H,4-6,11-12H2,1-3H3.